The van der Waals surface area contributed by atoms with Crippen LogP contribution >= 0.6 is 24.2 Å². The molecule has 18 heavy (non-hydrogen) atoms. The van der Waals surface area contributed by atoms with Crippen LogP contribution in [-0.4, -0.2) is 21.9 Å². The van der Waals surface area contributed by atoms with Crippen molar-refractivity contribution in [3.63, 3.8) is 0 Å². The van der Waals surface area contributed by atoms with Gasteiger partial charge in [-0.25, -0.2) is 0 Å². The van der Waals surface area contributed by atoms with Gasteiger partial charge in [0, 0.05) is 5.25 Å². The van der Waals surface area contributed by atoms with Crippen molar-refractivity contribution in [1.29, 1.82) is 0 Å². The second kappa shape index (κ2) is 5.21. The molecule has 2 nitrogen and oxygen atoms in total. The molecule has 1 N–H and O–H groups in total. The molecule has 94 valence electrons. The van der Waals surface area contributed by atoms with Crippen molar-refractivity contribution < 1.29 is 5.11 Å². The molecule has 0 amide bonds. The molecule has 0 aliphatic carbocycles. The van der Waals surface area contributed by atoms with E-state index in [1.807, 2.05) is 24.3 Å². The summed E-state index contributed by atoms with van der Waals surface area (Å²) in [5.74, 6) is 0.323. The Bertz CT molecular complexity index is 612. The normalized spacial score (nSPS) is 18.5. The highest BCUT2D eigenvalue weighted by molar-refractivity contribution is 8.15. The minimum atomic E-state index is 0. The Hall–Kier alpha value is -1.19. The van der Waals surface area contributed by atoms with Crippen LogP contribution in [0.4, 0.5) is 0 Å². The standard InChI is InChI=1S/C14H13NOS.ClH/c1-9-8-15-14(17-9)13-11-5-3-2-4-10(11)6-7-12(13)16;/h2-7,9,16H,8H2,1H3;1H. The molecule has 1 unspecified atom stereocenters. The average Bonchev–Trinajstić information content (AvgIpc) is 2.75. The number of hydrogen-bond donors (Lipinski definition) is 1. The molecule has 2 aromatic carbocycles. The van der Waals surface area contributed by atoms with Crippen molar-refractivity contribution in [3.8, 4) is 5.75 Å². The Kier molecular flexibility index (Phi) is 3.83. The van der Waals surface area contributed by atoms with Gasteiger partial charge >= 0.3 is 0 Å². The Labute approximate surface area is 117 Å². The first-order valence-corrected chi connectivity index (χ1v) is 6.56. The van der Waals surface area contributed by atoms with Gasteiger partial charge in [-0.1, -0.05) is 37.3 Å². The molecule has 0 saturated heterocycles. The number of thioether (sulfide) groups is 1. The second-order valence-corrected chi connectivity index (χ2v) is 5.68. The van der Waals surface area contributed by atoms with Crippen LogP contribution in [0, 0.1) is 0 Å². The van der Waals surface area contributed by atoms with E-state index in [4.69, 9.17) is 0 Å². The van der Waals surface area contributed by atoms with Crippen LogP contribution < -0.4 is 0 Å². The van der Waals surface area contributed by atoms with Crippen LogP contribution in [0.2, 0.25) is 0 Å². The molecule has 2 aromatic rings. The molecule has 3 rings (SSSR count). The van der Waals surface area contributed by atoms with E-state index in [-0.39, 0.29) is 12.4 Å². The van der Waals surface area contributed by atoms with E-state index in [9.17, 15) is 5.11 Å². The number of rotatable bonds is 1. The molecule has 1 aliphatic rings. The molecule has 0 radical (unpaired) electrons. The molecular formula is C14H14ClNOS. The Morgan fingerprint density at radius 3 is 2.72 bits per heavy atom. The Balaban J connectivity index is 0.00000120. The van der Waals surface area contributed by atoms with Crippen molar-refractivity contribution in [2.24, 2.45) is 4.99 Å². The fourth-order valence-corrected chi connectivity index (χ4v) is 3.11. The molecular weight excluding hydrogens is 266 g/mol. The quantitative estimate of drug-likeness (QED) is 0.860. The number of hydrogen-bond acceptors (Lipinski definition) is 3. The lowest BCUT2D eigenvalue weighted by Gasteiger charge is -2.09. The van der Waals surface area contributed by atoms with Crippen molar-refractivity contribution in [2.75, 3.05) is 6.54 Å². The van der Waals surface area contributed by atoms with Crippen LogP contribution in [-0.2, 0) is 0 Å². The summed E-state index contributed by atoms with van der Waals surface area (Å²) in [5, 5.41) is 13.7. The monoisotopic (exact) mass is 279 g/mol. The van der Waals surface area contributed by atoms with Crippen LogP contribution in [0.3, 0.4) is 0 Å². The van der Waals surface area contributed by atoms with Gasteiger partial charge < -0.3 is 5.11 Å². The summed E-state index contributed by atoms with van der Waals surface area (Å²) in [6, 6.07) is 11.8. The van der Waals surface area contributed by atoms with E-state index in [2.05, 4.69) is 18.0 Å². The van der Waals surface area contributed by atoms with Gasteiger partial charge in [0.25, 0.3) is 0 Å². The number of halogens is 1. The summed E-state index contributed by atoms with van der Waals surface area (Å²) < 4.78 is 0. The highest BCUT2D eigenvalue weighted by Gasteiger charge is 2.20. The van der Waals surface area contributed by atoms with Crippen molar-refractivity contribution in [2.45, 2.75) is 12.2 Å². The summed E-state index contributed by atoms with van der Waals surface area (Å²) in [6.45, 7) is 2.99. The summed E-state index contributed by atoms with van der Waals surface area (Å²) in [6.07, 6.45) is 0. The van der Waals surface area contributed by atoms with Crippen molar-refractivity contribution in [1.82, 2.24) is 0 Å². The number of benzene rings is 2. The first kappa shape index (κ1) is 13.2. The zero-order valence-corrected chi connectivity index (χ0v) is 11.6. The van der Waals surface area contributed by atoms with Crippen LogP contribution in [0.1, 0.15) is 12.5 Å². The van der Waals surface area contributed by atoms with E-state index < -0.39 is 0 Å². The summed E-state index contributed by atoms with van der Waals surface area (Å²) in [5.41, 5.74) is 0.887. The number of phenols is 1. The highest BCUT2D eigenvalue weighted by Crippen LogP contribution is 2.34. The lowest BCUT2D eigenvalue weighted by Crippen LogP contribution is -1.97. The zero-order chi connectivity index (χ0) is 11.8. The van der Waals surface area contributed by atoms with E-state index in [1.165, 1.54) is 0 Å². The SMILES string of the molecule is CC1CN=C(c2c(O)ccc3ccccc23)S1.Cl. The minimum absolute atomic E-state index is 0. The van der Waals surface area contributed by atoms with Crippen LogP contribution in [0.5, 0.6) is 5.75 Å². The highest BCUT2D eigenvalue weighted by atomic mass is 35.5. The van der Waals surface area contributed by atoms with Crippen LogP contribution in [0.15, 0.2) is 41.4 Å². The zero-order valence-electron chi connectivity index (χ0n) is 9.96. The minimum Gasteiger partial charge on any atom is -0.507 e. The van der Waals surface area contributed by atoms with E-state index in [1.54, 1.807) is 17.8 Å². The first-order valence-electron chi connectivity index (χ1n) is 5.68. The van der Waals surface area contributed by atoms with E-state index in [0.717, 1.165) is 27.9 Å². The van der Waals surface area contributed by atoms with Gasteiger partial charge in [-0.05, 0) is 16.8 Å². The molecule has 1 atom stereocenters. The molecule has 0 saturated carbocycles. The second-order valence-electron chi connectivity index (χ2n) is 4.26. The molecule has 0 aromatic heterocycles. The average molecular weight is 280 g/mol. The third kappa shape index (κ3) is 2.20. The predicted molar refractivity (Wildman–Crippen MR) is 81.3 cm³/mol. The van der Waals surface area contributed by atoms with Gasteiger partial charge in [-0.2, -0.15) is 0 Å². The fourth-order valence-electron chi connectivity index (χ4n) is 2.10. The molecule has 0 fully saturated rings. The van der Waals surface area contributed by atoms with Crippen molar-refractivity contribution in [3.05, 3.63) is 42.0 Å². The maximum Gasteiger partial charge on any atom is 0.126 e. The molecule has 1 heterocycles. The van der Waals surface area contributed by atoms with Gasteiger partial charge in [0.1, 0.15) is 10.8 Å². The summed E-state index contributed by atoms with van der Waals surface area (Å²) in [4.78, 5) is 4.52. The van der Waals surface area contributed by atoms with Crippen LogP contribution in [0.25, 0.3) is 10.8 Å². The molecule has 0 bridgehead atoms. The van der Waals surface area contributed by atoms with Gasteiger partial charge in [0.2, 0.25) is 0 Å². The van der Waals surface area contributed by atoms with Gasteiger partial charge in [-0.15, -0.1) is 24.2 Å². The number of phenolic OH excluding ortho intramolecular Hbond substituents is 1. The number of nitrogens with zero attached hydrogens (tertiary/aromatic N) is 1. The summed E-state index contributed by atoms with van der Waals surface area (Å²) >= 11 is 1.74. The third-order valence-corrected chi connectivity index (χ3v) is 4.03. The maximum atomic E-state index is 10.1. The van der Waals surface area contributed by atoms with Gasteiger partial charge in [0.05, 0.1) is 12.1 Å². The first-order chi connectivity index (χ1) is 8.25. The molecule has 1 aliphatic heterocycles. The molecule has 0 spiro atoms. The maximum absolute atomic E-state index is 10.1. The Morgan fingerprint density at radius 2 is 2.00 bits per heavy atom. The van der Waals surface area contributed by atoms with Gasteiger partial charge in [0.15, 0.2) is 0 Å². The third-order valence-electron chi connectivity index (χ3n) is 2.93. The molecule has 4 heteroatoms. The topological polar surface area (TPSA) is 32.6 Å². The fraction of sp³-hybridized carbons (Fsp3) is 0.214. The largest absolute Gasteiger partial charge is 0.507 e. The van der Waals surface area contributed by atoms with E-state index >= 15 is 0 Å². The Morgan fingerprint density at radius 1 is 1.22 bits per heavy atom. The lowest BCUT2D eigenvalue weighted by molar-refractivity contribution is 0.475. The summed E-state index contributed by atoms with van der Waals surface area (Å²) in [7, 11) is 0. The van der Waals surface area contributed by atoms with E-state index in [0.29, 0.717) is 11.0 Å². The number of aromatic hydroxyl groups is 1. The number of aliphatic imine (C=N–C) groups is 1. The van der Waals surface area contributed by atoms with Gasteiger partial charge in [-0.3, -0.25) is 4.99 Å². The number of fused-ring (bicyclic) bond motifs is 1. The lowest BCUT2D eigenvalue weighted by atomic mass is 10.0. The van der Waals surface area contributed by atoms with Crippen molar-refractivity contribution >= 4 is 40.0 Å². The predicted octanol–water partition coefficient (Wildman–Crippen LogP) is 3.85. The smallest absolute Gasteiger partial charge is 0.126 e.